The smallest absolute Gasteiger partial charge is 0.272 e. The predicted molar refractivity (Wildman–Crippen MR) is 211 cm³/mol. The van der Waals surface area contributed by atoms with Crippen LogP contribution in [0.1, 0.15) is 54.0 Å². The first-order valence-electron chi connectivity index (χ1n) is 19.6. The zero-order valence-corrected chi connectivity index (χ0v) is 32.5. The van der Waals surface area contributed by atoms with Crippen LogP contribution in [0.25, 0.3) is 0 Å². The van der Waals surface area contributed by atoms with E-state index in [1.807, 2.05) is 68.6 Å². The van der Waals surface area contributed by atoms with E-state index in [4.69, 9.17) is 4.74 Å². The first kappa shape index (κ1) is 40.5. The van der Waals surface area contributed by atoms with Crippen LogP contribution in [-0.4, -0.2) is 111 Å². The number of fused-ring (bicyclic) bond motifs is 4. The maximum atomic E-state index is 14.1. The number of carbonyl (C=O) groups is 5. The fourth-order valence-corrected chi connectivity index (χ4v) is 7.09. The number of hydrogen-bond donors (Lipinski definition) is 3. The average Bonchev–Trinajstić information content (AvgIpc) is 3.68. The summed E-state index contributed by atoms with van der Waals surface area (Å²) in [6, 6.07) is 20.0. The molecule has 0 radical (unpaired) electrons. The number of hydrogen-bond acceptors (Lipinski definition) is 9. The van der Waals surface area contributed by atoms with Crippen molar-refractivity contribution in [3.05, 3.63) is 108 Å². The van der Waals surface area contributed by atoms with Crippen molar-refractivity contribution in [2.45, 2.75) is 64.6 Å². The SMILES string of the molecule is CC(C)[C@H]1NC(=O)Cc2cccc(c2)OCCn2cc(nn2)CCN(C(=O)C2CCN(C(=O)c3ccccn3)CC2)CCNC(=O)[C@H](Cc2ccccc2)NC1=O. The summed E-state index contributed by atoms with van der Waals surface area (Å²) in [6.07, 6.45) is 5.10. The summed E-state index contributed by atoms with van der Waals surface area (Å²) >= 11 is 0. The van der Waals surface area contributed by atoms with Gasteiger partial charge < -0.3 is 30.5 Å². The van der Waals surface area contributed by atoms with Crippen LogP contribution in [0.15, 0.2) is 85.2 Å². The Kier molecular flexibility index (Phi) is 14.0. The largest absolute Gasteiger partial charge is 0.492 e. The van der Waals surface area contributed by atoms with E-state index in [0.29, 0.717) is 69.2 Å². The Labute approximate surface area is 332 Å². The third kappa shape index (κ3) is 11.5. The molecule has 2 aromatic carbocycles. The minimum absolute atomic E-state index is 0.0334. The number of amides is 5. The zero-order valence-electron chi connectivity index (χ0n) is 32.5. The van der Waals surface area contributed by atoms with Gasteiger partial charge in [0.2, 0.25) is 23.6 Å². The number of pyridine rings is 1. The summed E-state index contributed by atoms with van der Waals surface area (Å²) in [5.74, 6) is -1.43. The Morgan fingerprint density at radius 2 is 1.65 bits per heavy atom. The monoisotopic (exact) mass is 777 g/mol. The van der Waals surface area contributed by atoms with E-state index in [2.05, 4.69) is 31.2 Å². The lowest BCUT2D eigenvalue weighted by molar-refractivity contribution is -0.137. The summed E-state index contributed by atoms with van der Waals surface area (Å²) in [5, 5.41) is 17.3. The second-order valence-corrected chi connectivity index (χ2v) is 14.8. The molecule has 2 aromatic heterocycles. The van der Waals surface area contributed by atoms with E-state index >= 15 is 0 Å². The van der Waals surface area contributed by atoms with Gasteiger partial charge in [0.1, 0.15) is 30.1 Å². The van der Waals surface area contributed by atoms with Crippen molar-refractivity contribution in [2.75, 3.05) is 39.3 Å². The summed E-state index contributed by atoms with van der Waals surface area (Å²) in [4.78, 5) is 75.7. The van der Waals surface area contributed by atoms with Gasteiger partial charge in [0.25, 0.3) is 5.91 Å². The van der Waals surface area contributed by atoms with Crippen molar-refractivity contribution in [2.24, 2.45) is 11.8 Å². The number of aromatic nitrogens is 4. The molecule has 4 bridgehead atoms. The van der Waals surface area contributed by atoms with Gasteiger partial charge in [-0.2, -0.15) is 0 Å². The summed E-state index contributed by atoms with van der Waals surface area (Å²) < 4.78 is 7.67. The summed E-state index contributed by atoms with van der Waals surface area (Å²) in [5.41, 5.74) is 2.64. The van der Waals surface area contributed by atoms with E-state index in [9.17, 15) is 24.0 Å². The quantitative estimate of drug-likeness (QED) is 0.274. The van der Waals surface area contributed by atoms with E-state index in [1.165, 1.54) is 0 Å². The molecule has 0 saturated carbocycles. The second kappa shape index (κ2) is 19.6. The van der Waals surface area contributed by atoms with E-state index < -0.39 is 23.9 Å². The summed E-state index contributed by atoms with van der Waals surface area (Å²) in [6.45, 7) is 5.95. The molecule has 2 aliphatic rings. The molecule has 15 heteroatoms. The Morgan fingerprint density at radius 1 is 0.860 bits per heavy atom. The normalized spacial score (nSPS) is 19.5. The van der Waals surface area contributed by atoms with Crippen LogP contribution < -0.4 is 20.7 Å². The van der Waals surface area contributed by atoms with Gasteiger partial charge in [-0.25, -0.2) is 4.68 Å². The third-order valence-corrected chi connectivity index (χ3v) is 10.3. The maximum absolute atomic E-state index is 14.1. The van der Waals surface area contributed by atoms with Gasteiger partial charge in [0.05, 0.1) is 18.7 Å². The van der Waals surface area contributed by atoms with Crippen LogP contribution in [0, 0.1) is 11.8 Å². The fourth-order valence-electron chi connectivity index (χ4n) is 7.09. The molecule has 6 rings (SSSR count). The third-order valence-electron chi connectivity index (χ3n) is 10.3. The van der Waals surface area contributed by atoms with E-state index in [-0.39, 0.29) is 55.5 Å². The molecule has 15 nitrogen and oxygen atoms in total. The number of nitrogens with one attached hydrogen (secondary N) is 3. The molecular formula is C42H51N9O6. The molecule has 3 N–H and O–H groups in total. The van der Waals surface area contributed by atoms with Crippen LogP contribution in [0.5, 0.6) is 5.75 Å². The van der Waals surface area contributed by atoms with Gasteiger partial charge in [0.15, 0.2) is 0 Å². The number of nitrogens with zero attached hydrogens (tertiary/aromatic N) is 6. The van der Waals surface area contributed by atoms with Gasteiger partial charge in [-0.05, 0) is 54.2 Å². The predicted octanol–water partition coefficient (Wildman–Crippen LogP) is 2.22. The van der Waals surface area contributed by atoms with E-state index in [1.54, 1.807) is 44.9 Å². The highest BCUT2D eigenvalue weighted by Gasteiger charge is 2.32. The first-order valence-corrected chi connectivity index (χ1v) is 19.6. The average molecular weight is 778 g/mol. The van der Waals surface area contributed by atoms with Crippen LogP contribution in [-0.2, 0) is 45.0 Å². The Balaban J connectivity index is 1.20. The van der Waals surface area contributed by atoms with Crippen LogP contribution in [0.2, 0.25) is 0 Å². The lowest BCUT2D eigenvalue weighted by Crippen LogP contribution is -2.56. The number of rotatable bonds is 5. The highest BCUT2D eigenvalue weighted by molar-refractivity contribution is 5.93. The molecule has 1 fully saturated rings. The number of likely N-dealkylation sites (tertiary alicyclic amines) is 1. The molecule has 1 saturated heterocycles. The molecule has 4 aromatic rings. The number of ether oxygens (including phenoxy) is 1. The van der Waals surface area contributed by atoms with Crippen molar-refractivity contribution < 1.29 is 28.7 Å². The second-order valence-electron chi connectivity index (χ2n) is 14.8. The van der Waals surface area contributed by atoms with E-state index in [0.717, 1.165) is 11.1 Å². The molecular weight excluding hydrogens is 727 g/mol. The van der Waals surface area contributed by atoms with Crippen molar-refractivity contribution in [1.29, 1.82) is 0 Å². The molecule has 5 amide bonds. The maximum Gasteiger partial charge on any atom is 0.272 e. The molecule has 2 aliphatic heterocycles. The zero-order chi connectivity index (χ0) is 40.1. The Bertz CT molecular complexity index is 1980. The van der Waals surface area contributed by atoms with Gasteiger partial charge in [-0.15, -0.1) is 5.10 Å². The molecule has 57 heavy (non-hydrogen) atoms. The molecule has 0 aliphatic carbocycles. The number of carbonyl (C=O) groups excluding carboxylic acids is 5. The minimum Gasteiger partial charge on any atom is -0.492 e. The first-order chi connectivity index (χ1) is 27.6. The van der Waals surface area contributed by atoms with Crippen molar-refractivity contribution in [3.8, 4) is 5.75 Å². The number of piperidine rings is 1. The van der Waals surface area contributed by atoms with Crippen LogP contribution in [0.3, 0.4) is 0 Å². The molecule has 2 atom stereocenters. The summed E-state index contributed by atoms with van der Waals surface area (Å²) in [7, 11) is 0. The van der Waals surface area contributed by atoms with Crippen molar-refractivity contribution in [1.82, 2.24) is 45.7 Å². The highest BCUT2D eigenvalue weighted by atomic mass is 16.5. The van der Waals surface area contributed by atoms with Gasteiger partial charge in [-0.1, -0.05) is 67.6 Å². The van der Waals surface area contributed by atoms with Crippen LogP contribution in [0.4, 0.5) is 0 Å². The Hall–Kier alpha value is -6.12. The molecule has 300 valence electrons. The Morgan fingerprint density at radius 3 is 2.40 bits per heavy atom. The van der Waals surface area contributed by atoms with Crippen molar-refractivity contribution >= 4 is 29.5 Å². The van der Waals surface area contributed by atoms with Gasteiger partial charge in [0, 0.05) is 63.9 Å². The standard InChI is InChI=1S/C42H51N9O6/c1-29(2)38-40(54)45-36(26-30-9-4-3-5-10-30)39(53)44-18-22-50(41(55)32-14-19-49(20-15-32)42(56)35-13-6-7-17-43-35)21-16-33-28-51(48-47-33)23-24-57-34-12-8-11-31(25-34)27-37(52)46-38/h3-13,17,25,28-29,32,36,38H,14-16,18-24,26-27H2,1-2H3,(H,44,53)(H,45,54)(H,46,52)/t36-,38+/m0/s1. The van der Waals surface area contributed by atoms with Gasteiger partial charge in [-0.3, -0.25) is 29.0 Å². The lowest BCUT2D eigenvalue weighted by atomic mass is 9.94. The molecule has 4 heterocycles. The lowest BCUT2D eigenvalue weighted by Gasteiger charge is -2.34. The van der Waals surface area contributed by atoms with Gasteiger partial charge >= 0.3 is 0 Å². The number of benzene rings is 2. The minimum atomic E-state index is -0.950. The molecule has 0 spiro atoms. The highest BCUT2D eigenvalue weighted by Crippen LogP contribution is 2.22. The molecule has 0 unspecified atom stereocenters. The topological polar surface area (TPSA) is 181 Å². The van der Waals surface area contributed by atoms with Crippen LogP contribution >= 0.6 is 0 Å². The fraction of sp³-hybridized carbons (Fsp3) is 0.429. The van der Waals surface area contributed by atoms with Crippen molar-refractivity contribution in [3.63, 3.8) is 0 Å².